The van der Waals surface area contributed by atoms with Gasteiger partial charge in [-0.2, -0.15) is 0 Å². The van der Waals surface area contributed by atoms with E-state index in [1.54, 1.807) is 6.07 Å². The molecule has 2 heterocycles. The quantitative estimate of drug-likeness (QED) is 0.799. The average molecular weight is 262 g/mol. The molecule has 0 bridgehead atoms. The van der Waals surface area contributed by atoms with Crippen LogP contribution in [0.25, 0.3) is 0 Å². The topological polar surface area (TPSA) is 6.48 Å². The Labute approximate surface area is 115 Å². The standard InChI is InChI=1S/C16H23FN2/c1-13-6-2-3-11-19(13)16-8-7-14(12-15(16)17)18-9-4-5-10-18/h7-8,12-13H,2-6,9-11H2,1H3. The Balaban J connectivity index is 1.82. The van der Waals surface area contributed by atoms with Crippen LogP contribution in [-0.4, -0.2) is 25.7 Å². The number of nitrogens with zero attached hydrogens (tertiary/aromatic N) is 2. The Morgan fingerprint density at radius 1 is 1.05 bits per heavy atom. The van der Waals surface area contributed by atoms with Crippen LogP contribution in [0.15, 0.2) is 18.2 Å². The maximum absolute atomic E-state index is 14.4. The van der Waals surface area contributed by atoms with Gasteiger partial charge in [0.2, 0.25) is 0 Å². The van der Waals surface area contributed by atoms with Gasteiger partial charge in [0.05, 0.1) is 5.69 Å². The number of hydrogen-bond acceptors (Lipinski definition) is 2. The summed E-state index contributed by atoms with van der Waals surface area (Å²) in [6.45, 7) is 5.33. The van der Waals surface area contributed by atoms with Crippen LogP contribution in [0.1, 0.15) is 39.0 Å². The zero-order valence-corrected chi connectivity index (χ0v) is 11.7. The summed E-state index contributed by atoms with van der Waals surface area (Å²) in [6.07, 6.45) is 6.08. The van der Waals surface area contributed by atoms with Crippen molar-refractivity contribution in [2.75, 3.05) is 29.4 Å². The first-order chi connectivity index (χ1) is 9.25. The molecule has 0 spiro atoms. The predicted molar refractivity (Wildman–Crippen MR) is 78.5 cm³/mol. The Kier molecular flexibility index (Phi) is 3.63. The third-order valence-electron chi connectivity index (χ3n) is 4.51. The lowest BCUT2D eigenvalue weighted by Crippen LogP contribution is -2.38. The van der Waals surface area contributed by atoms with Crippen molar-refractivity contribution in [2.24, 2.45) is 0 Å². The van der Waals surface area contributed by atoms with Crippen LogP contribution in [0, 0.1) is 5.82 Å². The highest BCUT2D eigenvalue weighted by molar-refractivity contribution is 5.58. The van der Waals surface area contributed by atoms with E-state index in [9.17, 15) is 4.39 Å². The van der Waals surface area contributed by atoms with E-state index >= 15 is 0 Å². The van der Waals surface area contributed by atoms with E-state index in [2.05, 4.69) is 22.8 Å². The molecule has 2 fully saturated rings. The molecule has 0 saturated carbocycles. The molecule has 0 aliphatic carbocycles. The summed E-state index contributed by atoms with van der Waals surface area (Å²) in [5, 5.41) is 0. The molecule has 0 amide bonds. The summed E-state index contributed by atoms with van der Waals surface area (Å²) in [5.41, 5.74) is 1.83. The number of anilines is 2. The molecule has 0 aromatic heterocycles. The van der Waals surface area contributed by atoms with E-state index in [0.717, 1.165) is 31.0 Å². The van der Waals surface area contributed by atoms with Crippen molar-refractivity contribution < 1.29 is 4.39 Å². The van der Waals surface area contributed by atoms with Crippen molar-refractivity contribution in [1.29, 1.82) is 0 Å². The first-order valence-corrected chi connectivity index (χ1v) is 7.57. The summed E-state index contributed by atoms with van der Waals surface area (Å²) >= 11 is 0. The van der Waals surface area contributed by atoms with E-state index in [1.807, 2.05) is 6.07 Å². The maximum atomic E-state index is 14.4. The zero-order valence-electron chi connectivity index (χ0n) is 11.7. The van der Waals surface area contributed by atoms with Crippen LogP contribution in [0.5, 0.6) is 0 Å². The first kappa shape index (κ1) is 12.8. The summed E-state index contributed by atoms with van der Waals surface area (Å²) in [5.74, 6) is -0.0573. The number of halogens is 1. The highest BCUT2D eigenvalue weighted by Crippen LogP contribution is 2.30. The lowest BCUT2D eigenvalue weighted by atomic mass is 10.0. The molecule has 0 radical (unpaired) electrons. The molecule has 2 saturated heterocycles. The van der Waals surface area contributed by atoms with Gasteiger partial charge < -0.3 is 9.80 Å². The van der Waals surface area contributed by atoms with E-state index < -0.39 is 0 Å². The summed E-state index contributed by atoms with van der Waals surface area (Å²) in [6, 6.07) is 6.25. The third-order valence-corrected chi connectivity index (χ3v) is 4.51. The average Bonchev–Trinajstić information content (AvgIpc) is 2.94. The van der Waals surface area contributed by atoms with Crippen molar-refractivity contribution >= 4 is 11.4 Å². The minimum absolute atomic E-state index is 0.0573. The summed E-state index contributed by atoms with van der Waals surface area (Å²) in [4.78, 5) is 4.51. The smallest absolute Gasteiger partial charge is 0.148 e. The van der Waals surface area contributed by atoms with Gasteiger partial charge >= 0.3 is 0 Å². The van der Waals surface area contributed by atoms with Crippen LogP contribution < -0.4 is 9.80 Å². The highest BCUT2D eigenvalue weighted by atomic mass is 19.1. The van der Waals surface area contributed by atoms with Crippen LogP contribution in [0.2, 0.25) is 0 Å². The van der Waals surface area contributed by atoms with Crippen molar-refractivity contribution in [3.05, 3.63) is 24.0 Å². The first-order valence-electron chi connectivity index (χ1n) is 7.57. The SMILES string of the molecule is CC1CCCCN1c1ccc(N2CCCC2)cc1F. The zero-order chi connectivity index (χ0) is 13.2. The number of benzene rings is 1. The van der Waals surface area contributed by atoms with Gasteiger partial charge in [0, 0.05) is 31.4 Å². The van der Waals surface area contributed by atoms with Crippen LogP contribution >= 0.6 is 0 Å². The number of rotatable bonds is 2. The summed E-state index contributed by atoms with van der Waals surface area (Å²) < 4.78 is 14.4. The fraction of sp³-hybridized carbons (Fsp3) is 0.625. The molecule has 104 valence electrons. The molecule has 0 N–H and O–H groups in total. The van der Waals surface area contributed by atoms with Crippen molar-refractivity contribution in [1.82, 2.24) is 0 Å². The second kappa shape index (κ2) is 5.40. The normalized spacial score (nSPS) is 24.0. The van der Waals surface area contributed by atoms with E-state index in [0.29, 0.717) is 6.04 Å². The van der Waals surface area contributed by atoms with Gasteiger partial charge in [-0.1, -0.05) is 0 Å². The Morgan fingerprint density at radius 2 is 1.79 bits per heavy atom. The molecule has 3 heteroatoms. The molecule has 1 unspecified atom stereocenters. The monoisotopic (exact) mass is 262 g/mol. The van der Waals surface area contributed by atoms with Gasteiger partial charge in [-0.3, -0.25) is 0 Å². The third kappa shape index (κ3) is 2.56. The van der Waals surface area contributed by atoms with Gasteiger partial charge in [-0.15, -0.1) is 0 Å². The van der Waals surface area contributed by atoms with Gasteiger partial charge in [0.1, 0.15) is 5.82 Å². The fourth-order valence-corrected chi connectivity index (χ4v) is 3.36. The Hall–Kier alpha value is -1.25. The molecule has 1 atom stereocenters. The van der Waals surface area contributed by atoms with Crippen LogP contribution in [0.3, 0.4) is 0 Å². The molecule has 2 aliphatic heterocycles. The molecule has 1 aromatic rings. The van der Waals surface area contributed by atoms with E-state index in [-0.39, 0.29) is 5.82 Å². The lowest BCUT2D eigenvalue weighted by molar-refractivity contribution is 0.476. The van der Waals surface area contributed by atoms with E-state index in [4.69, 9.17) is 0 Å². The Morgan fingerprint density at radius 3 is 2.47 bits per heavy atom. The molecule has 3 rings (SSSR count). The summed E-state index contributed by atoms with van der Waals surface area (Å²) in [7, 11) is 0. The Bertz CT molecular complexity index is 440. The van der Waals surface area contributed by atoms with Gasteiger partial charge in [-0.25, -0.2) is 4.39 Å². The minimum Gasteiger partial charge on any atom is -0.371 e. The minimum atomic E-state index is -0.0573. The largest absolute Gasteiger partial charge is 0.371 e. The maximum Gasteiger partial charge on any atom is 0.148 e. The molecule has 19 heavy (non-hydrogen) atoms. The van der Waals surface area contributed by atoms with Gasteiger partial charge in [0.25, 0.3) is 0 Å². The van der Waals surface area contributed by atoms with E-state index in [1.165, 1.54) is 32.1 Å². The second-order valence-electron chi connectivity index (χ2n) is 5.87. The lowest BCUT2D eigenvalue weighted by Gasteiger charge is -2.35. The molecular formula is C16H23FN2. The van der Waals surface area contributed by atoms with Gasteiger partial charge in [-0.05, 0) is 57.2 Å². The van der Waals surface area contributed by atoms with Gasteiger partial charge in [0.15, 0.2) is 0 Å². The predicted octanol–water partition coefficient (Wildman–Crippen LogP) is 3.80. The van der Waals surface area contributed by atoms with Crippen LogP contribution in [-0.2, 0) is 0 Å². The second-order valence-corrected chi connectivity index (χ2v) is 5.87. The molecule has 2 nitrogen and oxygen atoms in total. The molecule has 2 aliphatic rings. The fourth-order valence-electron chi connectivity index (χ4n) is 3.36. The number of piperidine rings is 1. The van der Waals surface area contributed by atoms with Crippen LogP contribution in [0.4, 0.5) is 15.8 Å². The highest BCUT2D eigenvalue weighted by Gasteiger charge is 2.22. The number of hydrogen-bond donors (Lipinski definition) is 0. The molecule has 1 aromatic carbocycles. The van der Waals surface area contributed by atoms with Crippen molar-refractivity contribution in [3.8, 4) is 0 Å². The molecular weight excluding hydrogens is 239 g/mol. The van der Waals surface area contributed by atoms with Crippen molar-refractivity contribution in [3.63, 3.8) is 0 Å². The van der Waals surface area contributed by atoms with Crippen molar-refractivity contribution in [2.45, 2.75) is 45.1 Å².